The van der Waals surface area contributed by atoms with Crippen molar-refractivity contribution in [3.05, 3.63) is 22.6 Å². The van der Waals surface area contributed by atoms with Crippen LogP contribution in [0.2, 0.25) is 0 Å². The molecule has 5 nitrogen and oxygen atoms in total. The molecule has 0 aliphatic rings. The number of hydrogen-bond donors (Lipinski definition) is 1. The van der Waals surface area contributed by atoms with Crippen LogP contribution in [-0.2, 0) is 9.53 Å². The molecule has 1 aromatic rings. The highest BCUT2D eigenvalue weighted by Gasteiger charge is 2.17. The van der Waals surface area contributed by atoms with Gasteiger partial charge in [0.15, 0.2) is 0 Å². The fourth-order valence-electron chi connectivity index (χ4n) is 1.88. The zero-order valence-electron chi connectivity index (χ0n) is 12.0. The molecule has 0 atom stereocenters. The van der Waals surface area contributed by atoms with Crippen molar-refractivity contribution in [2.45, 2.75) is 40.5 Å². The number of carbonyl (C=O) groups excluding carboxylic acids is 2. The Morgan fingerprint density at radius 2 is 1.89 bits per heavy atom. The lowest BCUT2D eigenvalue weighted by Gasteiger charge is -2.05. The molecule has 5 heteroatoms. The quantitative estimate of drug-likeness (QED) is 0.634. The van der Waals surface area contributed by atoms with Gasteiger partial charge in [-0.3, -0.25) is 9.59 Å². The highest BCUT2D eigenvalue weighted by Crippen LogP contribution is 2.20. The smallest absolute Gasteiger partial charge is 0.305 e. The summed E-state index contributed by atoms with van der Waals surface area (Å²) in [5, 5.41) is 2.78. The molecule has 0 fully saturated rings. The predicted octanol–water partition coefficient (Wildman–Crippen LogP) is 2.28. The second-order valence-corrected chi connectivity index (χ2v) is 4.38. The van der Waals surface area contributed by atoms with Crippen LogP contribution < -0.4 is 5.32 Å². The molecule has 1 amide bonds. The first kappa shape index (κ1) is 15.3. The maximum absolute atomic E-state index is 12.0. The largest absolute Gasteiger partial charge is 0.466 e. The molecule has 0 bridgehead atoms. The fraction of sp³-hybridized carbons (Fsp3) is 0.571. The van der Waals surface area contributed by atoms with Crippen molar-refractivity contribution < 1.29 is 18.7 Å². The molecule has 0 aliphatic heterocycles. The average Bonchev–Trinajstić information content (AvgIpc) is 2.59. The highest BCUT2D eigenvalue weighted by atomic mass is 16.5. The summed E-state index contributed by atoms with van der Waals surface area (Å²) in [6, 6.07) is 0. The Labute approximate surface area is 113 Å². The lowest BCUT2D eigenvalue weighted by atomic mass is 10.1. The number of nitrogens with one attached hydrogen (secondary N) is 1. The van der Waals surface area contributed by atoms with Crippen molar-refractivity contribution >= 4 is 11.9 Å². The second kappa shape index (κ2) is 6.97. The summed E-state index contributed by atoms with van der Waals surface area (Å²) in [4.78, 5) is 23.1. The van der Waals surface area contributed by atoms with E-state index in [0.717, 1.165) is 11.3 Å². The van der Waals surface area contributed by atoms with Gasteiger partial charge in [0.1, 0.15) is 11.5 Å². The molecule has 0 spiro atoms. The Balaban J connectivity index is 2.42. The Morgan fingerprint density at radius 1 is 1.21 bits per heavy atom. The van der Waals surface area contributed by atoms with E-state index in [2.05, 4.69) is 5.32 Å². The van der Waals surface area contributed by atoms with E-state index in [-0.39, 0.29) is 11.9 Å². The van der Waals surface area contributed by atoms with Crippen LogP contribution in [-0.4, -0.2) is 25.0 Å². The monoisotopic (exact) mass is 267 g/mol. The van der Waals surface area contributed by atoms with E-state index in [1.807, 2.05) is 13.8 Å². The zero-order chi connectivity index (χ0) is 14.4. The SMILES string of the molecule is CCOC(=O)CCCNC(=O)c1c(C)oc(C)c1C. The van der Waals surface area contributed by atoms with Gasteiger partial charge in [-0.15, -0.1) is 0 Å². The van der Waals surface area contributed by atoms with Crippen molar-refractivity contribution in [1.29, 1.82) is 0 Å². The van der Waals surface area contributed by atoms with Crippen LogP contribution in [0.3, 0.4) is 0 Å². The summed E-state index contributed by atoms with van der Waals surface area (Å²) < 4.78 is 10.2. The fourth-order valence-corrected chi connectivity index (χ4v) is 1.88. The Bertz CT molecular complexity index is 462. The number of amides is 1. The molecule has 1 heterocycles. The van der Waals surface area contributed by atoms with Crippen LogP contribution in [0, 0.1) is 20.8 Å². The maximum Gasteiger partial charge on any atom is 0.305 e. The summed E-state index contributed by atoms with van der Waals surface area (Å²) in [7, 11) is 0. The van der Waals surface area contributed by atoms with Gasteiger partial charge in [0.2, 0.25) is 0 Å². The lowest BCUT2D eigenvalue weighted by Crippen LogP contribution is -2.25. The van der Waals surface area contributed by atoms with Gasteiger partial charge in [-0.25, -0.2) is 0 Å². The zero-order valence-corrected chi connectivity index (χ0v) is 12.0. The summed E-state index contributed by atoms with van der Waals surface area (Å²) in [5.74, 6) is 0.992. The van der Waals surface area contributed by atoms with Crippen LogP contribution in [0.25, 0.3) is 0 Å². The molecule has 0 radical (unpaired) electrons. The van der Waals surface area contributed by atoms with Gasteiger partial charge in [-0.2, -0.15) is 0 Å². The minimum absolute atomic E-state index is 0.157. The Kier molecular flexibility index (Phi) is 5.60. The number of furan rings is 1. The molecule has 0 aliphatic carbocycles. The molecule has 106 valence electrons. The number of aryl methyl sites for hydroxylation is 2. The van der Waals surface area contributed by atoms with E-state index in [1.54, 1.807) is 13.8 Å². The van der Waals surface area contributed by atoms with E-state index < -0.39 is 0 Å². The van der Waals surface area contributed by atoms with Gasteiger partial charge in [0.25, 0.3) is 5.91 Å². The molecule has 0 saturated carbocycles. The van der Waals surface area contributed by atoms with Crippen molar-refractivity contribution in [2.24, 2.45) is 0 Å². The standard InChI is InChI=1S/C14H21NO4/c1-5-18-12(16)7-6-8-15-14(17)13-9(2)10(3)19-11(13)4/h5-8H2,1-4H3,(H,15,17). The van der Waals surface area contributed by atoms with Crippen LogP contribution >= 0.6 is 0 Å². The summed E-state index contributed by atoms with van der Waals surface area (Å²) >= 11 is 0. The minimum Gasteiger partial charge on any atom is -0.466 e. The second-order valence-electron chi connectivity index (χ2n) is 4.38. The van der Waals surface area contributed by atoms with E-state index >= 15 is 0 Å². The van der Waals surface area contributed by atoms with Gasteiger partial charge < -0.3 is 14.5 Å². The topological polar surface area (TPSA) is 68.5 Å². The van der Waals surface area contributed by atoms with Gasteiger partial charge >= 0.3 is 5.97 Å². The first-order valence-corrected chi connectivity index (χ1v) is 6.47. The molecule has 1 aromatic heterocycles. The first-order valence-electron chi connectivity index (χ1n) is 6.47. The molecular formula is C14H21NO4. The normalized spacial score (nSPS) is 10.3. The van der Waals surface area contributed by atoms with Crippen LogP contribution in [0.4, 0.5) is 0 Å². The van der Waals surface area contributed by atoms with Crippen molar-refractivity contribution in [3.63, 3.8) is 0 Å². The average molecular weight is 267 g/mol. The van der Waals surface area contributed by atoms with Gasteiger partial charge in [0.05, 0.1) is 12.2 Å². The van der Waals surface area contributed by atoms with Gasteiger partial charge in [0, 0.05) is 18.5 Å². The number of esters is 1. The third kappa shape index (κ3) is 4.12. The number of rotatable bonds is 6. The van der Waals surface area contributed by atoms with Gasteiger partial charge in [-0.1, -0.05) is 0 Å². The Morgan fingerprint density at radius 3 is 2.42 bits per heavy atom. The Hall–Kier alpha value is -1.78. The summed E-state index contributed by atoms with van der Waals surface area (Å²) in [6.45, 7) is 8.07. The minimum atomic E-state index is -0.233. The third-order valence-corrected chi connectivity index (χ3v) is 2.94. The van der Waals surface area contributed by atoms with Crippen molar-refractivity contribution in [2.75, 3.05) is 13.2 Å². The van der Waals surface area contributed by atoms with Gasteiger partial charge in [-0.05, 0) is 34.1 Å². The van der Waals surface area contributed by atoms with E-state index in [9.17, 15) is 9.59 Å². The molecule has 1 N–H and O–H groups in total. The van der Waals surface area contributed by atoms with Crippen LogP contribution in [0.15, 0.2) is 4.42 Å². The first-order chi connectivity index (χ1) is 8.97. The highest BCUT2D eigenvalue weighted by molar-refractivity contribution is 5.96. The maximum atomic E-state index is 12.0. The molecular weight excluding hydrogens is 246 g/mol. The lowest BCUT2D eigenvalue weighted by molar-refractivity contribution is -0.143. The molecule has 0 saturated heterocycles. The predicted molar refractivity (Wildman–Crippen MR) is 71.1 cm³/mol. The van der Waals surface area contributed by atoms with E-state index in [4.69, 9.17) is 9.15 Å². The number of hydrogen-bond acceptors (Lipinski definition) is 4. The van der Waals surface area contributed by atoms with Crippen LogP contribution in [0.5, 0.6) is 0 Å². The third-order valence-electron chi connectivity index (χ3n) is 2.94. The molecule has 1 rings (SSSR count). The number of carbonyl (C=O) groups is 2. The van der Waals surface area contributed by atoms with Crippen molar-refractivity contribution in [1.82, 2.24) is 5.32 Å². The molecule has 0 aromatic carbocycles. The summed E-state index contributed by atoms with van der Waals surface area (Å²) in [5.41, 5.74) is 1.45. The molecule has 0 unspecified atom stereocenters. The van der Waals surface area contributed by atoms with E-state index in [1.165, 1.54) is 0 Å². The molecule has 19 heavy (non-hydrogen) atoms. The van der Waals surface area contributed by atoms with Crippen molar-refractivity contribution in [3.8, 4) is 0 Å². The van der Waals surface area contributed by atoms with E-state index in [0.29, 0.717) is 37.3 Å². The number of ether oxygens (including phenoxy) is 1. The van der Waals surface area contributed by atoms with Crippen LogP contribution in [0.1, 0.15) is 47.2 Å². The summed E-state index contributed by atoms with van der Waals surface area (Å²) in [6.07, 6.45) is 0.885.